The maximum absolute atomic E-state index is 14.0. The summed E-state index contributed by atoms with van der Waals surface area (Å²) in [6.07, 6.45) is -2.09. The van der Waals surface area contributed by atoms with Gasteiger partial charge in [0, 0.05) is 42.0 Å². The summed E-state index contributed by atoms with van der Waals surface area (Å²) in [5, 5.41) is 9.90. The van der Waals surface area contributed by atoms with E-state index in [2.05, 4.69) is 0 Å². The predicted octanol–water partition coefficient (Wildman–Crippen LogP) is 4.02. The molecule has 0 saturated carbocycles. The number of fused-ring (bicyclic) bond motifs is 1. The number of alkyl halides is 2. The highest BCUT2D eigenvalue weighted by Crippen LogP contribution is 2.49. The van der Waals surface area contributed by atoms with Crippen molar-refractivity contribution in [1.82, 2.24) is 0 Å². The Morgan fingerprint density at radius 1 is 1.24 bits per heavy atom. The van der Waals surface area contributed by atoms with Crippen LogP contribution in [0.2, 0.25) is 0 Å². The van der Waals surface area contributed by atoms with Gasteiger partial charge in [-0.3, -0.25) is 0 Å². The monoisotopic (exact) mass is 375 g/mol. The maximum atomic E-state index is 14.0. The Kier molecular flexibility index (Phi) is 4.03. The van der Waals surface area contributed by atoms with Crippen LogP contribution in [-0.2, 0) is 16.1 Å². The molecule has 2 N–H and O–H groups in total. The van der Waals surface area contributed by atoms with Gasteiger partial charge in [-0.1, -0.05) is 0 Å². The molecule has 0 saturated heterocycles. The zero-order valence-corrected chi connectivity index (χ0v) is 13.7. The average Bonchev–Trinajstić information content (AvgIpc) is 2.68. The first-order valence-corrected chi connectivity index (χ1v) is 9.05. The molecule has 2 aromatic carbocycles. The van der Waals surface area contributed by atoms with Crippen molar-refractivity contribution < 1.29 is 31.6 Å². The minimum absolute atomic E-state index is 0.138. The zero-order valence-electron chi connectivity index (χ0n) is 12.9. The number of nitrogens with one attached hydrogen (secondary N) is 1. The van der Waals surface area contributed by atoms with Crippen molar-refractivity contribution in [2.45, 2.75) is 23.3 Å². The van der Waals surface area contributed by atoms with Gasteiger partial charge in [0.15, 0.2) is 0 Å². The number of aliphatic hydroxyl groups is 1. The Morgan fingerprint density at radius 3 is 2.40 bits per heavy atom. The van der Waals surface area contributed by atoms with Crippen LogP contribution < -0.4 is 4.74 Å². The smallest absolute Gasteiger partial charge is 0.281 e. The highest BCUT2D eigenvalue weighted by atomic mass is 32.2. The molecule has 9 heteroatoms. The van der Waals surface area contributed by atoms with Gasteiger partial charge in [-0.25, -0.2) is 26.6 Å². The van der Waals surface area contributed by atoms with Crippen molar-refractivity contribution >= 4 is 9.73 Å². The van der Waals surface area contributed by atoms with Gasteiger partial charge in [-0.05, 0) is 12.1 Å². The Bertz CT molecular complexity index is 940. The first kappa shape index (κ1) is 17.7. The third kappa shape index (κ3) is 3.21. The molecular formula is C16H13F4NO3S. The summed E-state index contributed by atoms with van der Waals surface area (Å²) in [5.41, 5.74) is -0.469. The van der Waals surface area contributed by atoms with Crippen LogP contribution in [0.4, 0.5) is 17.6 Å². The summed E-state index contributed by atoms with van der Waals surface area (Å²) < 4.78 is 79.5. The maximum Gasteiger partial charge on any atom is 0.281 e. The topological polar surface area (TPSA) is 70.4 Å². The van der Waals surface area contributed by atoms with E-state index in [4.69, 9.17) is 9.52 Å². The lowest BCUT2D eigenvalue weighted by Crippen LogP contribution is -2.22. The van der Waals surface area contributed by atoms with Gasteiger partial charge in [0.25, 0.3) is 5.92 Å². The molecule has 0 amide bonds. The standard InChI is InChI=1S/C16H13F4NO3S/c1-25(21,23)13-3-2-12(11-7-16(19,20)15(22)14(11)13)24-10-5-8(17)4-9(18)6-10/h2-6,15,21-22H,7H2,1H3. The van der Waals surface area contributed by atoms with E-state index in [1.807, 2.05) is 0 Å². The number of hydrogen-bond acceptors (Lipinski definition) is 4. The molecule has 134 valence electrons. The van der Waals surface area contributed by atoms with E-state index in [-0.39, 0.29) is 27.5 Å². The van der Waals surface area contributed by atoms with E-state index in [1.165, 1.54) is 6.07 Å². The minimum atomic E-state index is -3.53. The number of halogens is 4. The van der Waals surface area contributed by atoms with Gasteiger partial charge in [-0.2, -0.15) is 0 Å². The van der Waals surface area contributed by atoms with Gasteiger partial charge in [-0.15, -0.1) is 0 Å². The van der Waals surface area contributed by atoms with Crippen LogP contribution in [0.3, 0.4) is 0 Å². The largest absolute Gasteiger partial charge is 0.457 e. The summed E-state index contributed by atoms with van der Waals surface area (Å²) in [6.45, 7) is 0. The summed E-state index contributed by atoms with van der Waals surface area (Å²) >= 11 is 0. The lowest BCUT2D eigenvalue weighted by atomic mass is 10.1. The summed E-state index contributed by atoms with van der Waals surface area (Å²) in [4.78, 5) is -0.218. The van der Waals surface area contributed by atoms with Crippen LogP contribution in [0, 0.1) is 16.4 Å². The Hall–Kier alpha value is -2.13. The molecule has 1 aliphatic rings. The quantitative estimate of drug-likeness (QED) is 0.796. The van der Waals surface area contributed by atoms with Crippen molar-refractivity contribution in [1.29, 1.82) is 4.78 Å². The molecule has 1 aliphatic carbocycles. The molecule has 2 atom stereocenters. The minimum Gasteiger partial charge on any atom is -0.457 e. The lowest BCUT2D eigenvalue weighted by molar-refractivity contribution is -0.0976. The molecule has 0 aliphatic heterocycles. The van der Waals surface area contributed by atoms with E-state index < -0.39 is 39.8 Å². The van der Waals surface area contributed by atoms with E-state index in [1.54, 1.807) is 0 Å². The molecule has 2 unspecified atom stereocenters. The first-order chi connectivity index (χ1) is 11.5. The van der Waals surface area contributed by atoms with Gasteiger partial charge < -0.3 is 9.84 Å². The van der Waals surface area contributed by atoms with E-state index in [0.717, 1.165) is 24.5 Å². The van der Waals surface area contributed by atoms with Crippen molar-refractivity contribution in [2.75, 3.05) is 6.26 Å². The van der Waals surface area contributed by atoms with E-state index in [9.17, 15) is 26.9 Å². The van der Waals surface area contributed by atoms with Crippen LogP contribution in [0.1, 0.15) is 17.2 Å². The molecule has 0 spiro atoms. The van der Waals surface area contributed by atoms with Gasteiger partial charge in [0.05, 0.1) is 14.6 Å². The van der Waals surface area contributed by atoms with Crippen LogP contribution in [0.15, 0.2) is 35.2 Å². The zero-order chi connectivity index (χ0) is 18.6. The average molecular weight is 375 g/mol. The Morgan fingerprint density at radius 2 is 1.84 bits per heavy atom. The van der Waals surface area contributed by atoms with Gasteiger partial charge >= 0.3 is 0 Å². The summed E-state index contributed by atoms with van der Waals surface area (Å²) in [6, 6.07) is 4.72. The molecule has 4 nitrogen and oxygen atoms in total. The van der Waals surface area contributed by atoms with Crippen molar-refractivity contribution in [2.24, 2.45) is 0 Å². The van der Waals surface area contributed by atoms with E-state index in [0.29, 0.717) is 6.07 Å². The van der Waals surface area contributed by atoms with Crippen molar-refractivity contribution in [3.05, 3.63) is 53.1 Å². The number of rotatable bonds is 3. The fourth-order valence-electron chi connectivity index (χ4n) is 2.80. The number of hydrogen-bond donors (Lipinski definition) is 2. The SMILES string of the molecule is CS(=N)(=O)c1ccc(Oc2cc(F)cc(F)c2)c2c1C(O)C(F)(F)C2. The fourth-order valence-corrected chi connectivity index (χ4v) is 3.78. The molecule has 25 heavy (non-hydrogen) atoms. The molecule has 2 aromatic rings. The molecule has 0 bridgehead atoms. The summed E-state index contributed by atoms with van der Waals surface area (Å²) in [5.74, 6) is -5.74. The van der Waals surface area contributed by atoms with Crippen LogP contribution in [0.5, 0.6) is 11.5 Å². The number of ether oxygens (including phenoxy) is 1. The molecule has 0 fully saturated rings. The normalized spacial score (nSPS) is 20.8. The highest BCUT2D eigenvalue weighted by Gasteiger charge is 2.50. The Labute approximate surface area is 141 Å². The van der Waals surface area contributed by atoms with Gasteiger partial charge in [0.2, 0.25) is 0 Å². The van der Waals surface area contributed by atoms with Crippen LogP contribution in [0.25, 0.3) is 0 Å². The second kappa shape index (κ2) is 5.70. The summed E-state index contributed by atoms with van der Waals surface area (Å²) in [7, 11) is -3.38. The third-order valence-corrected chi connectivity index (χ3v) is 5.04. The predicted molar refractivity (Wildman–Crippen MR) is 81.5 cm³/mol. The van der Waals surface area contributed by atoms with Crippen molar-refractivity contribution in [3.8, 4) is 11.5 Å². The van der Waals surface area contributed by atoms with Crippen molar-refractivity contribution in [3.63, 3.8) is 0 Å². The van der Waals surface area contributed by atoms with Crippen LogP contribution in [-0.4, -0.2) is 21.5 Å². The number of aliphatic hydroxyl groups excluding tert-OH is 1. The first-order valence-electron chi connectivity index (χ1n) is 7.08. The lowest BCUT2D eigenvalue weighted by Gasteiger charge is -2.16. The van der Waals surface area contributed by atoms with E-state index >= 15 is 0 Å². The van der Waals surface area contributed by atoms with Crippen LogP contribution >= 0.6 is 0 Å². The third-order valence-electron chi connectivity index (χ3n) is 3.84. The molecule has 0 radical (unpaired) electrons. The second-order valence-electron chi connectivity index (χ2n) is 5.85. The molecule has 0 heterocycles. The fraction of sp³-hybridized carbons (Fsp3) is 0.250. The highest BCUT2D eigenvalue weighted by molar-refractivity contribution is 7.91. The number of benzene rings is 2. The molecule has 3 rings (SSSR count). The Balaban J connectivity index is 2.15. The van der Waals surface area contributed by atoms with Gasteiger partial charge in [0.1, 0.15) is 29.2 Å². The second-order valence-corrected chi connectivity index (χ2v) is 7.97. The molecular weight excluding hydrogens is 362 g/mol. The molecule has 0 aromatic heterocycles.